The molecule has 0 bridgehead atoms. The molecule has 0 aliphatic heterocycles. The fraction of sp³-hybridized carbons (Fsp3) is 0.259. The number of halogens is 4. The number of anilines is 2. The number of carbonyl (C=O) groups is 2. The highest BCUT2D eigenvalue weighted by Gasteiger charge is 2.42. The van der Waals surface area contributed by atoms with Gasteiger partial charge in [0.15, 0.2) is 15.9 Å². The first-order valence-electron chi connectivity index (χ1n) is 11.7. The Bertz CT molecular complexity index is 1440. The second-order valence-corrected chi connectivity index (χ2v) is 11.6. The van der Waals surface area contributed by atoms with Crippen molar-refractivity contribution < 1.29 is 31.2 Å². The maximum absolute atomic E-state index is 13.8. The monoisotopic (exact) mass is 564 g/mol. The van der Waals surface area contributed by atoms with Crippen LogP contribution in [0.5, 0.6) is 0 Å². The Morgan fingerprint density at radius 2 is 1.63 bits per heavy atom. The Balaban J connectivity index is 1.59. The number of alkyl halides is 3. The summed E-state index contributed by atoms with van der Waals surface area (Å²) in [6, 6.07) is 14.1. The minimum absolute atomic E-state index is 0.0782. The van der Waals surface area contributed by atoms with Crippen molar-refractivity contribution in [2.45, 2.75) is 36.9 Å². The van der Waals surface area contributed by atoms with Gasteiger partial charge in [0, 0.05) is 28.9 Å². The summed E-state index contributed by atoms with van der Waals surface area (Å²) in [4.78, 5) is 26.8. The smallest absolute Gasteiger partial charge is 0.337 e. The zero-order chi connectivity index (χ0) is 27.7. The fourth-order valence-corrected chi connectivity index (χ4v) is 5.84. The Morgan fingerprint density at radius 3 is 2.18 bits per heavy atom. The maximum Gasteiger partial charge on any atom is 0.412 e. The molecule has 2 amide bonds. The lowest BCUT2D eigenvalue weighted by atomic mass is 10.1. The quantitative estimate of drug-likeness (QED) is 0.351. The van der Waals surface area contributed by atoms with Crippen molar-refractivity contribution in [3.8, 4) is 0 Å². The molecule has 3 aromatic rings. The lowest BCUT2D eigenvalue weighted by molar-refractivity contribution is -0.155. The normalized spacial score (nSPS) is 14.6. The van der Waals surface area contributed by atoms with Crippen LogP contribution in [-0.2, 0) is 14.6 Å². The standard InChI is InChI=1S/C27H24ClF3N2O4S/c1-17(34)33(22-11-13-24(14-12-22)38(36,37)16-18-5-6-18)23-4-2-3-20(15-23)26(35)32-25(27(29,30)31)19-7-9-21(28)10-8-19/h2-4,7-15,18,25H,5-6,16H2,1H3,(H,32,35)/t25-/m1/s1. The summed E-state index contributed by atoms with van der Waals surface area (Å²) < 4.78 is 66.4. The van der Waals surface area contributed by atoms with E-state index in [-0.39, 0.29) is 38.4 Å². The van der Waals surface area contributed by atoms with Crippen LogP contribution in [0.15, 0.2) is 77.7 Å². The van der Waals surface area contributed by atoms with Crippen LogP contribution in [0.1, 0.15) is 41.7 Å². The van der Waals surface area contributed by atoms with Gasteiger partial charge in [0.2, 0.25) is 5.91 Å². The van der Waals surface area contributed by atoms with E-state index >= 15 is 0 Å². The molecule has 1 fully saturated rings. The van der Waals surface area contributed by atoms with E-state index in [1.807, 2.05) is 5.32 Å². The van der Waals surface area contributed by atoms with Crippen molar-refractivity contribution in [1.82, 2.24) is 5.32 Å². The number of hydrogen-bond donors (Lipinski definition) is 1. The van der Waals surface area contributed by atoms with E-state index in [0.29, 0.717) is 5.69 Å². The van der Waals surface area contributed by atoms with E-state index in [9.17, 15) is 31.2 Å². The van der Waals surface area contributed by atoms with Crippen LogP contribution in [-0.4, -0.2) is 32.2 Å². The number of rotatable bonds is 8. The molecular weight excluding hydrogens is 541 g/mol. The molecule has 1 aliphatic carbocycles. The Labute approximate surface area is 223 Å². The molecule has 3 aromatic carbocycles. The largest absolute Gasteiger partial charge is 0.412 e. The van der Waals surface area contributed by atoms with Gasteiger partial charge in [0.25, 0.3) is 5.91 Å². The zero-order valence-corrected chi connectivity index (χ0v) is 21.8. The molecular formula is C27H24ClF3N2O4S. The van der Waals surface area contributed by atoms with Gasteiger partial charge < -0.3 is 5.32 Å². The number of nitrogens with zero attached hydrogens (tertiary/aromatic N) is 1. The first-order chi connectivity index (χ1) is 17.8. The third kappa shape index (κ3) is 6.54. The molecule has 1 atom stereocenters. The first kappa shape index (κ1) is 27.7. The Hall–Kier alpha value is -3.37. The minimum Gasteiger partial charge on any atom is -0.337 e. The number of carbonyl (C=O) groups excluding carboxylic acids is 2. The van der Waals surface area contributed by atoms with Crippen molar-refractivity contribution in [3.05, 3.63) is 88.9 Å². The van der Waals surface area contributed by atoms with E-state index in [1.165, 1.54) is 84.6 Å². The Kier molecular flexibility index (Phi) is 7.85. The van der Waals surface area contributed by atoms with Gasteiger partial charge in [-0.15, -0.1) is 0 Å². The van der Waals surface area contributed by atoms with Gasteiger partial charge in [-0.25, -0.2) is 8.42 Å². The highest BCUT2D eigenvalue weighted by Crippen LogP contribution is 2.35. The molecule has 0 saturated heterocycles. The third-order valence-corrected chi connectivity index (χ3v) is 8.25. The first-order valence-corrected chi connectivity index (χ1v) is 13.7. The molecule has 0 spiro atoms. The minimum atomic E-state index is -4.77. The van der Waals surface area contributed by atoms with Crippen molar-refractivity contribution in [2.24, 2.45) is 5.92 Å². The molecule has 4 rings (SSSR count). The fourth-order valence-electron chi connectivity index (χ4n) is 4.02. The van der Waals surface area contributed by atoms with Gasteiger partial charge in [0.05, 0.1) is 10.6 Å². The van der Waals surface area contributed by atoms with Crippen molar-refractivity contribution in [2.75, 3.05) is 10.7 Å². The predicted octanol–water partition coefficient (Wildman–Crippen LogP) is 6.24. The highest BCUT2D eigenvalue weighted by atomic mass is 35.5. The number of nitrogens with one attached hydrogen (secondary N) is 1. The summed E-state index contributed by atoms with van der Waals surface area (Å²) >= 11 is 5.78. The second-order valence-electron chi connectivity index (χ2n) is 9.12. The molecule has 11 heteroatoms. The number of hydrogen-bond acceptors (Lipinski definition) is 4. The molecule has 0 heterocycles. The van der Waals surface area contributed by atoms with Gasteiger partial charge in [-0.2, -0.15) is 13.2 Å². The number of sulfone groups is 1. The molecule has 0 unspecified atom stereocenters. The third-order valence-electron chi connectivity index (χ3n) is 6.09. The average Bonchev–Trinajstić information content (AvgIpc) is 3.66. The molecule has 6 nitrogen and oxygen atoms in total. The second kappa shape index (κ2) is 10.8. The highest BCUT2D eigenvalue weighted by molar-refractivity contribution is 7.91. The van der Waals surface area contributed by atoms with E-state index in [4.69, 9.17) is 11.6 Å². The summed E-state index contributed by atoms with van der Waals surface area (Å²) in [7, 11) is -3.45. The maximum atomic E-state index is 13.8. The molecule has 0 aromatic heterocycles. The Morgan fingerprint density at radius 1 is 1.00 bits per heavy atom. The van der Waals surface area contributed by atoms with Gasteiger partial charge in [-0.1, -0.05) is 29.8 Å². The van der Waals surface area contributed by atoms with E-state index in [2.05, 4.69) is 0 Å². The molecule has 1 saturated carbocycles. The zero-order valence-electron chi connectivity index (χ0n) is 20.2. The van der Waals surface area contributed by atoms with Crippen LogP contribution in [0.25, 0.3) is 0 Å². The number of amides is 2. The lowest BCUT2D eigenvalue weighted by Crippen LogP contribution is -2.38. The van der Waals surface area contributed by atoms with Crippen molar-refractivity contribution in [3.63, 3.8) is 0 Å². The van der Waals surface area contributed by atoms with E-state index < -0.39 is 33.9 Å². The summed E-state index contributed by atoms with van der Waals surface area (Å²) in [5.41, 5.74) is 0.289. The van der Waals surface area contributed by atoms with Crippen LogP contribution < -0.4 is 10.2 Å². The van der Waals surface area contributed by atoms with Crippen LogP contribution in [0, 0.1) is 5.92 Å². The summed E-state index contributed by atoms with van der Waals surface area (Å²) in [5.74, 6) is -1.17. The van der Waals surface area contributed by atoms with Crippen molar-refractivity contribution >= 4 is 44.6 Å². The SMILES string of the molecule is CC(=O)N(c1ccc(S(=O)(=O)CC2CC2)cc1)c1cccc(C(=O)N[C@H](c2ccc(Cl)cc2)C(F)(F)F)c1. The predicted molar refractivity (Wildman–Crippen MR) is 138 cm³/mol. The van der Waals surface area contributed by atoms with Crippen LogP contribution in [0.3, 0.4) is 0 Å². The molecule has 200 valence electrons. The van der Waals surface area contributed by atoms with Gasteiger partial charge in [-0.05, 0) is 78.9 Å². The lowest BCUT2D eigenvalue weighted by Gasteiger charge is -2.24. The number of benzene rings is 3. The average molecular weight is 565 g/mol. The molecule has 1 N–H and O–H groups in total. The summed E-state index contributed by atoms with van der Waals surface area (Å²) in [6.45, 7) is 1.28. The summed E-state index contributed by atoms with van der Waals surface area (Å²) in [6.07, 6.45) is -2.99. The molecule has 0 radical (unpaired) electrons. The van der Waals surface area contributed by atoms with Gasteiger partial charge >= 0.3 is 6.18 Å². The van der Waals surface area contributed by atoms with Crippen LogP contribution >= 0.6 is 11.6 Å². The topological polar surface area (TPSA) is 83.6 Å². The summed E-state index contributed by atoms with van der Waals surface area (Å²) in [5, 5.41) is 2.27. The molecule has 38 heavy (non-hydrogen) atoms. The van der Waals surface area contributed by atoms with Crippen LogP contribution in [0.2, 0.25) is 5.02 Å². The van der Waals surface area contributed by atoms with Crippen molar-refractivity contribution in [1.29, 1.82) is 0 Å². The van der Waals surface area contributed by atoms with Gasteiger partial charge in [-0.3, -0.25) is 14.5 Å². The van der Waals surface area contributed by atoms with Crippen LogP contribution in [0.4, 0.5) is 24.5 Å². The van der Waals surface area contributed by atoms with E-state index in [1.54, 1.807) is 0 Å². The molecule has 1 aliphatic rings. The van der Waals surface area contributed by atoms with E-state index in [0.717, 1.165) is 12.8 Å². The van der Waals surface area contributed by atoms with Gasteiger partial charge in [0.1, 0.15) is 0 Å².